The van der Waals surface area contributed by atoms with Gasteiger partial charge < -0.3 is 20.8 Å². The van der Waals surface area contributed by atoms with Crippen molar-refractivity contribution in [1.82, 2.24) is 0 Å². The molecule has 0 bridgehead atoms. The lowest BCUT2D eigenvalue weighted by molar-refractivity contribution is 0.442. The van der Waals surface area contributed by atoms with E-state index in [9.17, 15) is 10.2 Å². The van der Waals surface area contributed by atoms with Crippen molar-refractivity contribution >= 4 is 11.4 Å². The Kier molecular flexibility index (Phi) is 5.32. The van der Waals surface area contributed by atoms with Crippen molar-refractivity contribution in [3.05, 3.63) is 82.9 Å². The minimum atomic E-state index is 0.230. The van der Waals surface area contributed by atoms with Gasteiger partial charge in [0.15, 0.2) is 0 Å². The van der Waals surface area contributed by atoms with Crippen LogP contribution in [0.25, 0.3) is 0 Å². The fraction of sp³-hybridized carbons (Fsp3) is 0.182. The molecule has 0 aromatic heterocycles. The minimum absolute atomic E-state index is 0.230. The normalized spacial score (nSPS) is 10.5. The van der Waals surface area contributed by atoms with Crippen LogP contribution in [0.4, 0.5) is 11.4 Å². The molecule has 0 radical (unpaired) electrons. The Balaban J connectivity index is 1.90. The summed E-state index contributed by atoms with van der Waals surface area (Å²) >= 11 is 0. The van der Waals surface area contributed by atoms with E-state index in [0.717, 1.165) is 11.4 Å². The van der Waals surface area contributed by atoms with Crippen LogP contribution in [-0.2, 0) is 13.1 Å². The van der Waals surface area contributed by atoms with Crippen LogP contribution in [0.1, 0.15) is 22.3 Å². The van der Waals surface area contributed by atoms with Crippen molar-refractivity contribution in [2.75, 3.05) is 10.6 Å². The van der Waals surface area contributed by atoms with Crippen LogP contribution in [0.15, 0.2) is 60.7 Å². The first-order valence-electron chi connectivity index (χ1n) is 8.68. The van der Waals surface area contributed by atoms with E-state index in [4.69, 9.17) is 0 Å². The van der Waals surface area contributed by atoms with Gasteiger partial charge in [-0.2, -0.15) is 0 Å². The highest BCUT2D eigenvalue weighted by Crippen LogP contribution is 2.37. The quantitative estimate of drug-likeness (QED) is 0.477. The molecule has 0 atom stereocenters. The molecule has 0 unspecified atom stereocenters. The molecule has 4 nitrogen and oxygen atoms in total. The Hall–Kier alpha value is -3.14. The standard InChI is InChI=1S/C22H24N2O2/c1-15-16(2)22(26)20(14-24-18-11-7-4-8-12-18)19(21(15)25)13-23-17-9-5-3-6-10-17/h3-12,23-26H,13-14H2,1-2H3. The number of phenols is 2. The molecule has 3 aromatic rings. The summed E-state index contributed by atoms with van der Waals surface area (Å²) in [6, 6.07) is 19.6. The van der Waals surface area contributed by atoms with Crippen LogP contribution in [-0.4, -0.2) is 10.2 Å². The predicted octanol–water partition coefficient (Wildman–Crippen LogP) is 4.94. The fourth-order valence-corrected chi connectivity index (χ4v) is 2.97. The SMILES string of the molecule is Cc1c(C)c(O)c(CNc2ccccc2)c(CNc2ccccc2)c1O. The van der Waals surface area contributed by atoms with E-state index >= 15 is 0 Å². The van der Waals surface area contributed by atoms with Gasteiger partial charge in [0.2, 0.25) is 0 Å². The molecule has 3 aromatic carbocycles. The number of phenolic OH excluding ortho intramolecular Hbond substituents is 2. The average Bonchev–Trinajstić information content (AvgIpc) is 2.69. The molecule has 4 N–H and O–H groups in total. The highest BCUT2D eigenvalue weighted by Gasteiger charge is 2.19. The first-order valence-corrected chi connectivity index (χ1v) is 8.68. The molecule has 4 heteroatoms. The van der Waals surface area contributed by atoms with Gasteiger partial charge in [-0.3, -0.25) is 0 Å². The molecule has 0 heterocycles. The van der Waals surface area contributed by atoms with Crippen molar-refractivity contribution in [3.63, 3.8) is 0 Å². The Morgan fingerprint density at radius 2 is 0.962 bits per heavy atom. The highest BCUT2D eigenvalue weighted by molar-refractivity contribution is 5.59. The van der Waals surface area contributed by atoms with Gasteiger partial charge in [-0.1, -0.05) is 36.4 Å². The first-order chi connectivity index (χ1) is 12.6. The van der Waals surface area contributed by atoms with E-state index in [0.29, 0.717) is 35.3 Å². The van der Waals surface area contributed by atoms with Crippen molar-refractivity contribution in [2.45, 2.75) is 26.9 Å². The third-order valence-electron chi connectivity index (χ3n) is 4.70. The van der Waals surface area contributed by atoms with E-state index in [-0.39, 0.29) is 11.5 Å². The second-order valence-electron chi connectivity index (χ2n) is 6.34. The molecule has 0 aliphatic heterocycles. The fourth-order valence-electron chi connectivity index (χ4n) is 2.97. The van der Waals surface area contributed by atoms with Crippen LogP contribution in [0, 0.1) is 13.8 Å². The van der Waals surface area contributed by atoms with E-state index < -0.39 is 0 Å². The topological polar surface area (TPSA) is 64.5 Å². The van der Waals surface area contributed by atoms with Crippen LogP contribution in [0.3, 0.4) is 0 Å². The van der Waals surface area contributed by atoms with Crippen molar-refractivity contribution in [1.29, 1.82) is 0 Å². The predicted molar refractivity (Wildman–Crippen MR) is 107 cm³/mol. The Bertz CT molecular complexity index is 803. The van der Waals surface area contributed by atoms with E-state index in [1.807, 2.05) is 74.5 Å². The zero-order chi connectivity index (χ0) is 18.5. The number of hydrogen-bond donors (Lipinski definition) is 4. The molecule has 0 saturated heterocycles. The number of rotatable bonds is 6. The summed E-state index contributed by atoms with van der Waals surface area (Å²) in [6.45, 7) is 4.50. The largest absolute Gasteiger partial charge is 0.507 e. The molecule has 0 aliphatic rings. The molecule has 0 saturated carbocycles. The summed E-state index contributed by atoms with van der Waals surface area (Å²) in [6.07, 6.45) is 0. The zero-order valence-electron chi connectivity index (χ0n) is 15.1. The smallest absolute Gasteiger partial charge is 0.124 e. The molecule has 3 rings (SSSR count). The number of anilines is 2. The van der Waals surface area contributed by atoms with Crippen LogP contribution >= 0.6 is 0 Å². The maximum atomic E-state index is 10.7. The Morgan fingerprint density at radius 3 is 1.31 bits per heavy atom. The average molecular weight is 348 g/mol. The van der Waals surface area contributed by atoms with Crippen molar-refractivity contribution in [2.24, 2.45) is 0 Å². The molecule has 26 heavy (non-hydrogen) atoms. The molecular formula is C22H24N2O2. The summed E-state index contributed by atoms with van der Waals surface area (Å²) in [4.78, 5) is 0. The van der Waals surface area contributed by atoms with E-state index in [1.54, 1.807) is 0 Å². The molecular weight excluding hydrogens is 324 g/mol. The number of para-hydroxylation sites is 2. The first kappa shape index (κ1) is 17.7. The second-order valence-corrected chi connectivity index (χ2v) is 6.34. The second kappa shape index (κ2) is 7.83. The lowest BCUT2D eigenvalue weighted by Gasteiger charge is -2.20. The van der Waals surface area contributed by atoms with E-state index in [2.05, 4.69) is 10.6 Å². The van der Waals surface area contributed by atoms with Gasteiger partial charge in [-0.15, -0.1) is 0 Å². The van der Waals surface area contributed by atoms with Gasteiger partial charge in [-0.25, -0.2) is 0 Å². The van der Waals surface area contributed by atoms with Crippen LogP contribution in [0.2, 0.25) is 0 Å². The third kappa shape index (κ3) is 3.75. The number of benzene rings is 3. The van der Waals surface area contributed by atoms with Gasteiger partial charge in [0.25, 0.3) is 0 Å². The Morgan fingerprint density at radius 1 is 0.615 bits per heavy atom. The molecule has 0 fully saturated rings. The summed E-state index contributed by atoms with van der Waals surface area (Å²) in [5, 5.41) is 28.0. The molecule has 0 spiro atoms. The summed E-state index contributed by atoms with van der Waals surface area (Å²) < 4.78 is 0. The van der Waals surface area contributed by atoms with Crippen LogP contribution in [0.5, 0.6) is 11.5 Å². The number of hydrogen-bond acceptors (Lipinski definition) is 4. The number of aromatic hydroxyl groups is 2. The lowest BCUT2D eigenvalue weighted by atomic mass is 9.96. The Labute approximate surface area is 154 Å². The minimum Gasteiger partial charge on any atom is -0.507 e. The zero-order valence-corrected chi connectivity index (χ0v) is 15.1. The summed E-state index contributed by atoms with van der Waals surface area (Å²) in [7, 11) is 0. The van der Waals surface area contributed by atoms with Gasteiger partial charge in [0.05, 0.1) is 0 Å². The highest BCUT2D eigenvalue weighted by atomic mass is 16.3. The lowest BCUT2D eigenvalue weighted by Crippen LogP contribution is -2.09. The van der Waals surface area contributed by atoms with Gasteiger partial charge >= 0.3 is 0 Å². The molecule has 134 valence electrons. The summed E-state index contributed by atoms with van der Waals surface area (Å²) in [5.41, 5.74) is 4.75. The maximum Gasteiger partial charge on any atom is 0.124 e. The van der Waals surface area contributed by atoms with Gasteiger partial charge in [-0.05, 0) is 49.2 Å². The third-order valence-corrected chi connectivity index (χ3v) is 4.70. The van der Waals surface area contributed by atoms with Gasteiger partial charge in [0, 0.05) is 35.6 Å². The monoisotopic (exact) mass is 348 g/mol. The maximum absolute atomic E-state index is 10.7. The molecule has 0 amide bonds. The van der Waals surface area contributed by atoms with Crippen molar-refractivity contribution in [3.8, 4) is 11.5 Å². The number of nitrogens with one attached hydrogen (secondary N) is 2. The van der Waals surface area contributed by atoms with Crippen molar-refractivity contribution < 1.29 is 10.2 Å². The van der Waals surface area contributed by atoms with E-state index in [1.165, 1.54) is 0 Å². The van der Waals surface area contributed by atoms with Crippen LogP contribution < -0.4 is 10.6 Å². The van der Waals surface area contributed by atoms with Gasteiger partial charge in [0.1, 0.15) is 11.5 Å². The summed E-state index contributed by atoms with van der Waals surface area (Å²) in [5.74, 6) is 0.460. The molecule has 0 aliphatic carbocycles.